The van der Waals surface area contributed by atoms with Crippen molar-refractivity contribution in [2.45, 2.75) is 38.5 Å². The van der Waals surface area contributed by atoms with E-state index in [2.05, 4.69) is 10.3 Å². The largest absolute Gasteiger partial charge is 0.464 e. The van der Waals surface area contributed by atoms with Crippen molar-refractivity contribution < 1.29 is 36.6 Å². The van der Waals surface area contributed by atoms with Gasteiger partial charge in [0.05, 0.1) is 47.9 Å². The van der Waals surface area contributed by atoms with Crippen molar-refractivity contribution in [3.8, 4) is 11.9 Å². The van der Waals surface area contributed by atoms with E-state index in [9.17, 15) is 37.6 Å². The first-order valence-corrected chi connectivity index (χ1v) is 15.0. The maximum Gasteiger partial charge on any atom is 0.411 e. The fourth-order valence-electron chi connectivity index (χ4n) is 5.67. The van der Waals surface area contributed by atoms with Crippen LogP contribution in [-0.2, 0) is 27.7 Å². The second-order valence-electron chi connectivity index (χ2n) is 11.3. The van der Waals surface area contributed by atoms with Crippen LogP contribution in [0.5, 0.6) is 0 Å². The number of esters is 1. The highest BCUT2D eigenvalue weighted by molar-refractivity contribution is 5.98. The van der Waals surface area contributed by atoms with Crippen LogP contribution in [0.15, 0.2) is 58.3 Å². The Morgan fingerprint density at radius 1 is 1.18 bits per heavy atom. The maximum atomic E-state index is 15.4. The number of anilines is 1. The molecule has 0 aliphatic carbocycles. The number of nitriles is 1. The third-order valence-corrected chi connectivity index (χ3v) is 8.09. The lowest BCUT2D eigenvalue weighted by Gasteiger charge is -2.38. The Kier molecular flexibility index (Phi) is 9.85. The van der Waals surface area contributed by atoms with E-state index in [0.717, 1.165) is 15.5 Å². The number of nitrogens with zero attached hydrogens (tertiary/aromatic N) is 5. The Labute approximate surface area is 276 Å². The van der Waals surface area contributed by atoms with Crippen molar-refractivity contribution in [3.63, 3.8) is 0 Å². The lowest BCUT2D eigenvalue weighted by atomic mass is 10.0. The molecule has 1 amide bonds. The predicted molar refractivity (Wildman–Crippen MR) is 168 cm³/mol. The number of morpholine rings is 1. The molecule has 2 aromatic heterocycles. The fourth-order valence-corrected chi connectivity index (χ4v) is 5.67. The Bertz CT molecular complexity index is 2060. The smallest absolute Gasteiger partial charge is 0.411 e. The van der Waals surface area contributed by atoms with Crippen molar-refractivity contribution in [2.75, 3.05) is 31.3 Å². The third-order valence-electron chi connectivity index (χ3n) is 8.09. The second kappa shape index (κ2) is 13.9. The van der Waals surface area contributed by atoms with Crippen LogP contribution in [0.1, 0.15) is 34.0 Å². The topological polar surface area (TPSA) is 149 Å². The summed E-state index contributed by atoms with van der Waals surface area (Å²) in [7, 11) is 1.47. The molecule has 1 aliphatic heterocycles. The predicted octanol–water partition coefficient (Wildman–Crippen LogP) is 3.08. The molecule has 1 aliphatic rings. The van der Waals surface area contributed by atoms with Crippen LogP contribution in [0.2, 0.25) is 0 Å². The molecule has 5 rings (SSSR count). The summed E-state index contributed by atoms with van der Waals surface area (Å²) in [5, 5.41) is 11.8. The van der Waals surface area contributed by atoms with Gasteiger partial charge >= 0.3 is 17.8 Å². The molecule has 3 heterocycles. The van der Waals surface area contributed by atoms with Gasteiger partial charge in [0.25, 0.3) is 11.5 Å². The first kappa shape index (κ1) is 34.8. The number of carbonyl (C=O) groups excluding carboxylic acids is 2. The van der Waals surface area contributed by atoms with Crippen LogP contribution in [0.25, 0.3) is 16.7 Å². The SMILES string of the molecule is CCOC(=O)[C@H](Cc1ccc(-n2c(=O)c3cc(C#N)ccc3n(C)c2=O)nc1)NC(=O)c1c(C)cc(N2CCOC[C@@H]2C(F)(F)F)cc1F. The monoisotopic (exact) mass is 682 g/mol. The van der Waals surface area contributed by atoms with E-state index in [-0.39, 0.29) is 54.2 Å². The molecule has 1 fully saturated rings. The van der Waals surface area contributed by atoms with E-state index in [1.54, 1.807) is 6.92 Å². The van der Waals surface area contributed by atoms with Gasteiger partial charge in [0.15, 0.2) is 0 Å². The van der Waals surface area contributed by atoms with E-state index in [1.807, 2.05) is 6.07 Å². The molecular formula is C33H30F4N6O6. The van der Waals surface area contributed by atoms with Crippen LogP contribution in [0.3, 0.4) is 0 Å². The number of fused-ring (bicyclic) bond motifs is 1. The Morgan fingerprint density at radius 3 is 2.57 bits per heavy atom. The zero-order valence-electron chi connectivity index (χ0n) is 26.5. The van der Waals surface area contributed by atoms with Crippen molar-refractivity contribution in [1.82, 2.24) is 19.4 Å². The average molecular weight is 683 g/mol. The van der Waals surface area contributed by atoms with E-state index < -0.39 is 59.4 Å². The van der Waals surface area contributed by atoms with E-state index in [4.69, 9.17) is 9.47 Å². The van der Waals surface area contributed by atoms with Gasteiger partial charge in [-0.25, -0.2) is 23.5 Å². The second-order valence-corrected chi connectivity index (χ2v) is 11.3. The van der Waals surface area contributed by atoms with Crippen molar-refractivity contribution in [3.05, 3.63) is 97.6 Å². The number of aryl methyl sites for hydroxylation is 2. The zero-order valence-corrected chi connectivity index (χ0v) is 26.5. The number of hydrogen-bond acceptors (Lipinski definition) is 9. The minimum atomic E-state index is -4.64. The molecule has 256 valence electrons. The van der Waals surface area contributed by atoms with Crippen molar-refractivity contribution in [1.29, 1.82) is 5.26 Å². The molecule has 0 spiro atoms. The number of aromatic nitrogens is 3. The molecule has 1 N–H and O–H groups in total. The van der Waals surface area contributed by atoms with Gasteiger partial charge in [0.2, 0.25) is 0 Å². The van der Waals surface area contributed by atoms with E-state index >= 15 is 4.39 Å². The summed E-state index contributed by atoms with van der Waals surface area (Å²) in [6.45, 7) is 2.13. The molecule has 0 saturated carbocycles. The van der Waals surface area contributed by atoms with Crippen LogP contribution in [0.4, 0.5) is 23.2 Å². The summed E-state index contributed by atoms with van der Waals surface area (Å²) in [5.74, 6) is -2.97. The number of pyridine rings is 1. The van der Waals surface area contributed by atoms with E-state index in [1.165, 1.54) is 61.1 Å². The lowest BCUT2D eigenvalue weighted by Crippen LogP contribution is -2.53. The highest BCUT2D eigenvalue weighted by Gasteiger charge is 2.45. The Hall–Kier alpha value is -5.56. The Balaban J connectivity index is 1.40. The van der Waals surface area contributed by atoms with E-state index in [0.29, 0.717) is 11.1 Å². The minimum Gasteiger partial charge on any atom is -0.464 e. The maximum absolute atomic E-state index is 15.4. The number of halogens is 4. The third kappa shape index (κ3) is 7.02. The first-order valence-electron chi connectivity index (χ1n) is 15.0. The van der Waals surface area contributed by atoms with Crippen LogP contribution in [-0.4, -0.2) is 70.6 Å². The summed E-state index contributed by atoms with van der Waals surface area (Å²) in [6.07, 6.45) is -3.53. The standard InChI is InChI=1S/C33H30F4N6O6/c1-4-49-31(46)24(40-29(44)28-18(2)11-21(14-23(28)34)42-9-10-48-17-26(42)33(35,36)37)13-20-6-8-27(39-16-20)43-30(45)22-12-19(15-38)5-7-25(22)41(3)32(43)47/h5-8,11-12,14,16,24,26H,4,9-10,13,17H2,1-3H3,(H,40,44)/t24-,26+/m0/s1. The quantitative estimate of drug-likeness (QED) is 0.219. The Morgan fingerprint density at radius 2 is 1.94 bits per heavy atom. The fraction of sp³-hybridized carbons (Fsp3) is 0.333. The minimum absolute atomic E-state index is 0.00533. The van der Waals surface area contributed by atoms with Gasteiger partial charge in [0.1, 0.15) is 23.7 Å². The van der Waals surface area contributed by atoms with Gasteiger partial charge in [-0.2, -0.15) is 18.4 Å². The highest BCUT2D eigenvalue weighted by Crippen LogP contribution is 2.33. The number of hydrogen-bond donors (Lipinski definition) is 1. The number of alkyl halides is 3. The molecule has 16 heteroatoms. The number of ether oxygens (including phenoxy) is 2. The van der Waals surface area contributed by atoms with Crippen molar-refractivity contribution in [2.24, 2.45) is 7.05 Å². The summed E-state index contributed by atoms with van der Waals surface area (Å²) in [5.41, 5.74) is -0.963. The first-order chi connectivity index (χ1) is 23.2. The summed E-state index contributed by atoms with van der Waals surface area (Å²) >= 11 is 0. The number of amides is 1. The number of rotatable bonds is 8. The van der Waals surface area contributed by atoms with Crippen LogP contribution in [0, 0.1) is 24.1 Å². The average Bonchev–Trinajstić information content (AvgIpc) is 3.07. The molecule has 1 saturated heterocycles. The molecule has 2 atom stereocenters. The molecule has 12 nitrogen and oxygen atoms in total. The molecule has 0 unspecified atom stereocenters. The van der Waals surface area contributed by atoms with Gasteiger partial charge < -0.3 is 19.7 Å². The molecule has 0 radical (unpaired) electrons. The normalized spacial score (nSPS) is 15.5. The lowest BCUT2D eigenvalue weighted by molar-refractivity contribution is -0.167. The molecule has 4 aromatic rings. The molecule has 2 aromatic carbocycles. The highest BCUT2D eigenvalue weighted by atomic mass is 19.4. The van der Waals surface area contributed by atoms with Gasteiger partial charge in [-0.15, -0.1) is 0 Å². The van der Waals surface area contributed by atoms with Gasteiger partial charge in [-0.05, 0) is 61.4 Å². The molecule has 49 heavy (non-hydrogen) atoms. The van der Waals surface area contributed by atoms with Crippen LogP contribution >= 0.6 is 0 Å². The molecular weight excluding hydrogens is 652 g/mol. The summed E-state index contributed by atoms with van der Waals surface area (Å²) < 4.78 is 68.4. The van der Waals surface area contributed by atoms with Crippen molar-refractivity contribution >= 4 is 28.5 Å². The zero-order chi connectivity index (χ0) is 35.6. The van der Waals surface area contributed by atoms with Crippen LogP contribution < -0.4 is 21.5 Å². The summed E-state index contributed by atoms with van der Waals surface area (Å²) in [4.78, 5) is 57.8. The van der Waals surface area contributed by atoms with Gasteiger partial charge in [-0.3, -0.25) is 14.2 Å². The van der Waals surface area contributed by atoms with Gasteiger partial charge in [-0.1, -0.05) is 6.07 Å². The summed E-state index contributed by atoms with van der Waals surface area (Å²) in [6, 6.07) is 7.92. The number of benzene rings is 2. The number of nitrogens with one attached hydrogen (secondary N) is 1. The van der Waals surface area contributed by atoms with Gasteiger partial charge in [0, 0.05) is 31.9 Å². The molecule has 0 bridgehead atoms. The number of carbonyl (C=O) groups is 2.